The van der Waals surface area contributed by atoms with Crippen LogP contribution in [0, 0.1) is 35.6 Å². The summed E-state index contributed by atoms with van der Waals surface area (Å²) in [4.78, 5) is 31.8. The van der Waals surface area contributed by atoms with Crippen LogP contribution in [0.4, 0.5) is 0 Å². The van der Waals surface area contributed by atoms with Crippen LogP contribution >= 0.6 is 0 Å². The van der Waals surface area contributed by atoms with Gasteiger partial charge < -0.3 is 23.9 Å². The largest absolute Gasteiger partial charge is 3.00 e. The summed E-state index contributed by atoms with van der Waals surface area (Å²) in [6, 6.07) is 0. The minimum absolute atomic E-state index is 0. The zero-order valence-electron chi connectivity index (χ0n) is 3.17. The van der Waals surface area contributed by atoms with Crippen LogP contribution in [0.3, 0.4) is 0 Å². The summed E-state index contributed by atoms with van der Waals surface area (Å²) in [7, 11) is -5.11. The molecular formula is H2FLaO4Si. The fourth-order valence-electron chi connectivity index (χ4n) is 0. The van der Waals surface area contributed by atoms with Gasteiger partial charge in [0.15, 0.2) is 0 Å². The first kappa shape index (κ1) is 15.7. The zero-order valence-corrected chi connectivity index (χ0v) is 7.79. The molecule has 0 rings (SSSR count). The van der Waals surface area contributed by atoms with E-state index in [-0.39, 0.29) is 40.3 Å². The van der Waals surface area contributed by atoms with E-state index in [2.05, 4.69) is 0 Å². The Morgan fingerprint density at radius 3 is 1.14 bits per heavy atom. The van der Waals surface area contributed by atoms with E-state index in [9.17, 15) is 0 Å². The molecular weight excluding hydrogens is 250 g/mol. The average molecular weight is 252 g/mol. The van der Waals surface area contributed by atoms with Gasteiger partial charge in [-0.2, -0.15) is 0 Å². The summed E-state index contributed by atoms with van der Waals surface area (Å²) in [6.45, 7) is 0. The van der Waals surface area contributed by atoms with E-state index in [1.54, 1.807) is 0 Å². The third-order valence-corrected chi connectivity index (χ3v) is 0. The second kappa shape index (κ2) is 5.32. The van der Waals surface area contributed by atoms with Crippen LogP contribution in [-0.2, 0) is 0 Å². The van der Waals surface area contributed by atoms with Gasteiger partial charge in [0.05, 0.1) is 0 Å². The molecule has 0 fully saturated rings. The first-order chi connectivity index (χ1) is 2.00. The average Bonchev–Trinajstić information content (AvgIpc) is 0.722. The van der Waals surface area contributed by atoms with Crippen LogP contribution in [0.1, 0.15) is 0 Å². The fraction of sp³-hybridized carbons (Fsp3) is 0. The SMILES string of the molecule is [F-].[La+3].[O-][Si]([O-])(O)O. The Bertz CT molecular complexity index is 27.2. The monoisotopic (exact) mass is 252 g/mol. The minimum Gasteiger partial charge on any atom is -1.00 e. The van der Waals surface area contributed by atoms with Gasteiger partial charge in [0.1, 0.15) is 9.05 Å². The molecule has 0 aromatic heterocycles. The Balaban J connectivity index is -0.0000000800. The van der Waals surface area contributed by atoms with E-state index in [1.807, 2.05) is 0 Å². The topological polar surface area (TPSA) is 86.6 Å². The van der Waals surface area contributed by atoms with Crippen LogP contribution in [0.15, 0.2) is 0 Å². The summed E-state index contributed by atoms with van der Waals surface area (Å²) in [6.07, 6.45) is 0. The normalized spacial score (nSPS) is 8.57. The molecule has 0 aliphatic carbocycles. The van der Waals surface area contributed by atoms with Gasteiger partial charge in [-0.1, -0.05) is 0 Å². The number of hydrogen-bond acceptors (Lipinski definition) is 4. The molecule has 0 radical (unpaired) electrons. The molecule has 0 heterocycles. The molecule has 0 unspecified atom stereocenters. The van der Waals surface area contributed by atoms with E-state index >= 15 is 0 Å². The number of hydrogen-bond donors (Lipinski definition) is 2. The number of halogens is 1. The molecule has 7 heavy (non-hydrogen) atoms. The van der Waals surface area contributed by atoms with Crippen LogP contribution in [0.2, 0.25) is 0 Å². The van der Waals surface area contributed by atoms with Crippen LogP contribution in [-0.4, -0.2) is 18.6 Å². The van der Waals surface area contributed by atoms with E-state index in [0.29, 0.717) is 0 Å². The van der Waals surface area contributed by atoms with Crippen LogP contribution < -0.4 is 14.3 Å². The molecule has 0 aromatic carbocycles. The van der Waals surface area contributed by atoms with Gasteiger partial charge in [-0.05, 0) is 0 Å². The fourth-order valence-corrected chi connectivity index (χ4v) is 0. The maximum atomic E-state index is 8.80. The maximum Gasteiger partial charge on any atom is 3.00 e. The van der Waals surface area contributed by atoms with Crippen LogP contribution in [0.5, 0.6) is 0 Å². The van der Waals surface area contributed by atoms with E-state index < -0.39 is 9.05 Å². The van der Waals surface area contributed by atoms with Gasteiger partial charge in [-0.3, -0.25) is 0 Å². The Morgan fingerprint density at radius 1 is 1.14 bits per heavy atom. The van der Waals surface area contributed by atoms with Crippen LogP contribution in [0.25, 0.3) is 0 Å². The molecule has 0 saturated carbocycles. The van der Waals surface area contributed by atoms with Crippen molar-refractivity contribution >= 4 is 9.05 Å². The van der Waals surface area contributed by atoms with E-state index in [1.165, 1.54) is 0 Å². The van der Waals surface area contributed by atoms with Crippen molar-refractivity contribution in [3.8, 4) is 0 Å². The summed E-state index contributed by atoms with van der Waals surface area (Å²) >= 11 is 0. The molecule has 0 aliphatic heterocycles. The van der Waals surface area contributed by atoms with Gasteiger partial charge in [0.25, 0.3) is 0 Å². The Morgan fingerprint density at radius 2 is 1.14 bits per heavy atom. The first-order valence-corrected chi connectivity index (χ1v) is 2.57. The quantitative estimate of drug-likeness (QED) is 0.419. The summed E-state index contributed by atoms with van der Waals surface area (Å²) in [5, 5.41) is 0. The van der Waals surface area contributed by atoms with Gasteiger partial charge in [-0.15, -0.1) is 0 Å². The Labute approximate surface area is 68.3 Å². The Kier molecular flexibility index (Phi) is 11.9. The number of rotatable bonds is 0. The minimum atomic E-state index is -5.11. The zero-order chi connectivity index (χ0) is 4.50. The van der Waals surface area contributed by atoms with Gasteiger partial charge in [0.2, 0.25) is 0 Å². The van der Waals surface area contributed by atoms with Crippen molar-refractivity contribution in [2.75, 3.05) is 0 Å². The predicted molar refractivity (Wildman–Crippen MR) is 10.2 cm³/mol. The van der Waals surface area contributed by atoms with Gasteiger partial charge in [0, 0.05) is 0 Å². The van der Waals surface area contributed by atoms with E-state index in [4.69, 9.17) is 19.2 Å². The molecule has 40 valence electrons. The molecule has 0 amide bonds. The van der Waals surface area contributed by atoms with E-state index in [0.717, 1.165) is 0 Å². The Hall–Kier alpha value is 1.18. The molecule has 0 bridgehead atoms. The van der Waals surface area contributed by atoms with Crippen molar-refractivity contribution in [2.24, 2.45) is 0 Å². The molecule has 2 N–H and O–H groups in total. The third kappa shape index (κ3) is 138. The second-order valence-corrected chi connectivity index (χ2v) is 1.65. The van der Waals surface area contributed by atoms with Crippen molar-refractivity contribution in [2.45, 2.75) is 0 Å². The molecule has 0 spiro atoms. The van der Waals surface area contributed by atoms with Crippen molar-refractivity contribution in [1.29, 1.82) is 0 Å². The molecule has 0 aromatic rings. The first-order valence-electron chi connectivity index (χ1n) is 0.855. The van der Waals surface area contributed by atoms with Crippen molar-refractivity contribution in [1.82, 2.24) is 0 Å². The molecule has 0 aliphatic rings. The second-order valence-electron chi connectivity index (χ2n) is 0.548. The predicted octanol–water partition coefficient (Wildman–Crippen LogP) is -6.87. The third-order valence-electron chi connectivity index (χ3n) is 0. The molecule has 0 atom stereocenters. The maximum absolute atomic E-state index is 8.80. The van der Waals surface area contributed by atoms with Crippen molar-refractivity contribution in [3.05, 3.63) is 0 Å². The molecule has 7 heteroatoms. The summed E-state index contributed by atoms with van der Waals surface area (Å²) in [5.74, 6) is 0. The smallest absolute Gasteiger partial charge is 1.00 e. The van der Waals surface area contributed by atoms with Gasteiger partial charge >= 0.3 is 35.6 Å². The standard InChI is InChI=1S/FH.La.H2O4Si/c;;1-5(2,3)4/h1H;;1-2H/q;+3;-2/p-1. The van der Waals surface area contributed by atoms with Gasteiger partial charge in [-0.25, -0.2) is 0 Å². The molecule has 4 nitrogen and oxygen atoms in total. The summed E-state index contributed by atoms with van der Waals surface area (Å²) in [5.41, 5.74) is 0. The van der Waals surface area contributed by atoms with Crippen molar-refractivity contribution in [3.63, 3.8) is 0 Å². The molecule has 0 saturated heterocycles. The summed E-state index contributed by atoms with van der Waals surface area (Å²) < 4.78 is 0. The van der Waals surface area contributed by atoms with Crippen molar-refractivity contribution < 1.29 is 59.5 Å².